The second kappa shape index (κ2) is 7.38. The van der Waals surface area contributed by atoms with Gasteiger partial charge in [-0.25, -0.2) is 0 Å². The minimum Gasteiger partial charge on any atom is -0.483 e. The predicted molar refractivity (Wildman–Crippen MR) is 97.1 cm³/mol. The zero-order valence-electron chi connectivity index (χ0n) is 14.9. The van der Waals surface area contributed by atoms with Gasteiger partial charge in [-0.2, -0.15) is 0 Å². The molecule has 0 radical (unpaired) electrons. The molecule has 2 aromatic carbocycles. The minimum absolute atomic E-state index is 0.0910. The SMILES string of the molecule is Cc1ccc(OCC(=O)Nc2ccc(C(C)(C)C(=O)O)cc2)c(C)c1. The van der Waals surface area contributed by atoms with E-state index >= 15 is 0 Å². The zero-order chi connectivity index (χ0) is 18.6. The van der Waals surface area contributed by atoms with Crippen LogP contribution in [0.4, 0.5) is 5.69 Å². The summed E-state index contributed by atoms with van der Waals surface area (Å²) in [5.74, 6) is -0.490. The number of anilines is 1. The van der Waals surface area contributed by atoms with Gasteiger partial charge in [0.25, 0.3) is 5.91 Å². The Bertz CT molecular complexity index is 779. The van der Waals surface area contributed by atoms with E-state index in [1.165, 1.54) is 0 Å². The maximum Gasteiger partial charge on any atom is 0.313 e. The Labute approximate surface area is 147 Å². The molecule has 2 rings (SSSR count). The monoisotopic (exact) mass is 341 g/mol. The molecule has 0 aliphatic rings. The van der Waals surface area contributed by atoms with E-state index in [0.29, 0.717) is 17.0 Å². The number of aryl methyl sites for hydroxylation is 2. The number of hydrogen-bond acceptors (Lipinski definition) is 3. The van der Waals surface area contributed by atoms with E-state index in [-0.39, 0.29) is 12.5 Å². The number of nitrogens with one attached hydrogen (secondary N) is 1. The van der Waals surface area contributed by atoms with Crippen molar-refractivity contribution in [1.29, 1.82) is 0 Å². The van der Waals surface area contributed by atoms with Crippen molar-refractivity contribution < 1.29 is 19.4 Å². The Hall–Kier alpha value is -2.82. The van der Waals surface area contributed by atoms with Crippen molar-refractivity contribution in [1.82, 2.24) is 0 Å². The van der Waals surface area contributed by atoms with Gasteiger partial charge in [-0.1, -0.05) is 29.8 Å². The lowest BCUT2D eigenvalue weighted by atomic mass is 9.85. The number of hydrogen-bond donors (Lipinski definition) is 2. The van der Waals surface area contributed by atoms with Crippen LogP contribution in [0, 0.1) is 13.8 Å². The van der Waals surface area contributed by atoms with Crippen molar-refractivity contribution in [2.45, 2.75) is 33.1 Å². The van der Waals surface area contributed by atoms with Gasteiger partial charge in [0.05, 0.1) is 5.41 Å². The average Bonchev–Trinajstić information content (AvgIpc) is 2.54. The van der Waals surface area contributed by atoms with Crippen molar-refractivity contribution in [2.24, 2.45) is 0 Å². The quantitative estimate of drug-likeness (QED) is 0.840. The number of carboxylic acid groups (broad SMARTS) is 1. The highest BCUT2D eigenvalue weighted by molar-refractivity contribution is 5.92. The number of amides is 1. The molecule has 0 heterocycles. The highest BCUT2D eigenvalue weighted by atomic mass is 16.5. The van der Waals surface area contributed by atoms with E-state index in [2.05, 4.69) is 5.32 Å². The average molecular weight is 341 g/mol. The summed E-state index contributed by atoms with van der Waals surface area (Å²) in [6, 6.07) is 12.6. The molecule has 0 unspecified atom stereocenters. The predicted octanol–water partition coefficient (Wildman–Crippen LogP) is 3.68. The second-order valence-electron chi connectivity index (χ2n) is 6.61. The number of carboxylic acids is 1. The fraction of sp³-hybridized carbons (Fsp3) is 0.300. The molecule has 0 spiro atoms. The summed E-state index contributed by atoms with van der Waals surface area (Å²) < 4.78 is 5.55. The summed E-state index contributed by atoms with van der Waals surface area (Å²) in [5.41, 5.74) is 2.41. The van der Waals surface area contributed by atoms with Gasteiger partial charge in [-0.15, -0.1) is 0 Å². The largest absolute Gasteiger partial charge is 0.483 e. The molecule has 0 atom stereocenters. The summed E-state index contributed by atoms with van der Waals surface area (Å²) >= 11 is 0. The van der Waals surface area contributed by atoms with Gasteiger partial charge in [-0.05, 0) is 57.0 Å². The van der Waals surface area contributed by atoms with Crippen LogP contribution in [-0.4, -0.2) is 23.6 Å². The van der Waals surface area contributed by atoms with Gasteiger partial charge in [0.2, 0.25) is 0 Å². The fourth-order valence-electron chi connectivity index (χ4n) is 2.40. The molecule has 5 nitrogen and oxygen atoms in total. The molecule has 0 saturated carbocycles. The van der Waals surface area contributed by atoms with Gasteiger partial charge < -0.3 is 15.2 Å². The number of rotatable bonds is 6. The van der Waals surface area contributed by atoms with Crippen molar-refractivity contribution >= 4 is 17.6 Å². The van der Waals surface area contributed by atoms with Crippen molar-refractivity contribution in [3.63, 3.8) is 0 Å². The standard InChI is InChI=1S/C20H23NO4/c1-13-5-10-17(14(2)11-13)25-12-18(22)21-16-8-6-15(7-9-16)20(3,4)19(23)24/h5-11H,12H2,1-4H3,(H,21,22)(H,23,24). The molecule has 0 bridgehead atoms. The molecule has 2 N–H and O–H groups in total. The summed E-state index contributed by atoms with van der Waals surface area (Å²) in [6.45, 7) is 7.12. The smallest absolute Gasteiger partial charge is 0.313 e. The van der Waals surface area contributed by atoms with Crippen LogP contribution in [-0.2, 0) is 15.0 Å². The van der Waals surface area contributed by atoms with Crippen LogP contribution >= 0.6 is 0 Å². The number of carbonyl (C=O) groups excluding carboxylic acids is 1. The molecular formula is C20H23NO4. The van der Waals surface area contributed by atoms with Gasteiger partial charge >= 0.3 is 5.97 Å². The first-order valence-corrected chi connectivity index (χ1v) is 8.04. The fourth-order valence-corrected chi connectivity index (χ4v) is 2.40. The zero-order valence-corrected chi connectivity index (χ0v) is 14.9. The number of benzene rings is 2. The van der Waals surface area contributed by atoms with Crippen molar-refractivity contribution in [2.75, 3.05) is 11.9 Å². The highest BCUT2D eigenvalue weighted by Crippen LogP contribution is 2.25. The van der Waals surface area contributed by atoms with Crippen LogP contribution in [0.5, 0.6) is 5.75 Å². The molecule has 25 heavy (non-hydrogen) atoms. The topological polar surface area (TPSA) is 75.6 Å². The van der Waals surface area contributed by atoms with Crippen LogP contribution in [0.1, 0.15) is 30.5 Å². The molecule has 2 aromatic rings. The Morgan fingerprint density at radius 2 is 1.72 bits per heavy atom. The number of aliphatic carboxylic acids is 1. The summed E-state index contributed by atoms with van der Waals surface area (Å²) in [7, 11) is 0. The third-order valence-corrected chi connectivity index (χ3v) is 4.11. The molecule has 5 heteroatoms. The number of carbonyl (C=O) groups is 2. The van der Waals surface area contributed by atoms with Crippen LogP contribution in [0.25, 0.3) is 0 Å². The summed E-state index contributed by atoms with van der Waals surface area (Å²) in [5, 5.41) is 12.0. The Morgan fingerprint density at radius 3 is 2.28 bits per heavy atom. The first-order chi connectivity index (χ1) is 11.7. The maximum absolute atomic E-state index is 12.0. The van der Waals surface area contributed by atoms with E-state index in [0.717, 1.165) is 11.1 Å². The number of ether oxygens (including phenoxy) is 1. The van der Waals surface area contributed by atoms with Crippen molar-refractivity contribution in [3.05, 3.63) is 59.2 Å². The van der Waals surface area contributed by atoms with Crippen LogP contribution < -0.4 is 10.1 Å². The molecule has 0 fully saturated rings. The lowest BCUT2D eigenvalue weighted by molar-refractivity contribution is -0.142. The lowest BCUT2D eigenvalue weighted by Gasteiger charge is -2.20. The van der Waals surface area contributed by atoms with Gasteiger partial charge in [0.1, 0.15) is 5.75 Å². The highest BCUT2D eigenvalue weighted by Gasteiger charge is 2.29. The molecule has 0 aliphatic heterocycles. The van der Waals surface area contributed by atoms with E-state index in [9.17, 15) is 14.7 Å². The Kier molecular flexibility index (Phi) is 5.47. The summed E-state index contributed by atoms with van der Waals surface area (Å²) in [4.78, 5) is 23.3. The van der Waals surface area contributed by atoms with E-state index < -0.39 is 11.4 Å². The van der Waals surface area contributed by atoms with Crippen LogP contribution in [0.2, 0.25) is 0 Å². The minimum atomic E-state index is -0.978. The second-order valence-corrected chi connectivity index (χ2v) is 6.61. The Morgan fingerprint density at radius 1 is 1.08 bits per heavy atom. The third kappa shape index (κ3) is 4.59. The molecule has 0 aliphatic carbocycles. The van der Waals surface area contributed by atoms with Gasteiger partial charge in [0.15, 0.2) is 6.61 Å². The molecule has 0 aromatic heterocycles. The molecule has 132 valence electrons. The van der Waals surface area contributed by atoms with E-state index in [4.69, 9.17) is 4.74 Å². The lowest BCUT2D eigenvalue weighted by Crippen LogP contribution is -2.28. The first-order valence-electron chi connectivity index (χ1n) is 8.04. The maximum atomic E-state index is 12.0. The molecule has 0 saturated heterocycles. The molecular weight excluding hydrogens is 318 g/mol. The third-order valence-electron chi connectivity index (χ3n) is 4.11. The van der Waals surface area contributed by atoms with Crippen molar-refractivity contribution in [3.8, 4) is 5.75 Å². The molecule has 1 amide bonds. The van der Waals surface area contributed by atoms with E-state index in [1.807, 2.05) is 32.0 Å². The summed E-state index contributed by atoms with van der Waals surface area (Å²) in [6.07, 6.45) is 0. The van der Waals surface area contributed by atoms with Gasteiger partial charge in [0, 0.05) is 5.69 Å². The van der Waals surface area contributed by atoms with Crippen LogP contribution in [0.3, 0.4) is 0 Å². The Balaban J connectivity index is 1.95. The first kappa shape index (κ1) is 18.5. The normalized spacial score (nSPS) is 11.0. The van der Waals surface area contributed by atoms with E-state index in [1.54, 1.807) is 38.1 Å². The van der Waals surface area contributed by atoms with Gasteiger partial charge in [-0.3, -0.25) is 9.59 Å². The van der Waals surface area contributed by atoms with Crippen LogP contribution in [0.15, 0.2) is 42.5 Å².